The maximum atomic E-state index is 12.4. The fourth-order valence-electron chi connectivity index (χ4n) is 3.82. The van der Waals surface area contributed by atoms with Crippen LogP contribution in [0.5, 0.6) is 0 Å². The molecule has 1 aliphatic carbocycles. The van der Waals surface area contributed by atoms with Crippen molar-refractivity contribution in [2.45, 2.75) is 31.3 Å². The van der Waals surface area contributed by atoms with Crippen molar-refractivity contribution in [2.24, 2.45) is 11.8 Å². The number of hydrogen-bond donors (Lipinski definition) is 1. The monoisotopic (exact) mass is 309 g/mol. The van der Waals surface area contributed by atoms with E-state index in [4.69, 9.17) is 0 Å². The zero-order chi connectivity index (χ0) is 15.9. The number of carbonyl (C=O) groups excluding carboxylic acids is 2. The van der Waals surface area contributed by atoms with E-state index in [9.17, 15) is 14.7 Å². The summed E-state index contributed by atoms with van der Waals surface area (Å²) in [6.45, 7) is 3.62. The van der Waals surface area contributed by atoms with E-state index < -0.39 is 5.60 Å². The van der Waals surface area contributed by atoms with Crippen LogP contribution in [0.1, 0.15) is 25.7 Å². The van der Waals surface area contributed by atoms with Crippen LogP contribution in [0.25, 0.3) is 0 Å². The van der Waals surface area contributed by atoms with Crippen molar-refractivity contribution in [3.63, 3.8) is 0 Å². The number of fused-ring (bicyclic) bond motifs is 1. The molecule has 3 aliphatic rings. The minimum atomic E-state index is -0.767. The minimum Gasteiger partial charge on any atom is -0.389 e. The fraction of sp³-hybridized carbons (Fsp3) is 0.875. The van der Waals surface area contributed by atoms with E-state index in [-0.39, 0.29) is 30.1 Å². The Morgan fingerprint density at radius 2 is 2.05 bits per heavy atom. The number of nitrogens with zero attached hydrogens (tertiary/aromatic N) is 3. The molecule has 0 spiro atoms. The van der Waals surface area contributed by atoms with Gasteiger partial charge in [-0.2, -0.15) is 0 Å². The summed E-state index contributed by atoms with van der Waals surface area (Å²) >= 11 is 0. The number of aliphatic hydroxyl groups is 1. The first kappa shape index (κ1) is 15.7. The first-order chi connectivity index (χ1) is 10.4. The third kappa shape index (κ3) is 2.99. The number of amides is 2. The van der Waals surface area contributed by atoms with E-state index in [1.54, 1.807) is 4.90 Å². The molecule has 1 saturated carbocycles. The average Bonchev–Trinajstić information content (AvgIpc) is 2.95. The fourth-order valence-corrected chi connectivity index (χ4v) is 3.82. The molecule has 6 heteroatoms. The third-order valence-electron chi connectivity index (χ3n) is 5.46. The number of likely N-dealkylation sites (tertiary alicyclic amines) is 2. The first-order valence-electron chi connectivity index (χ1n) is 8.32. The van der Waals surface area contributed by atoms with Crippen LogP contribution in [0.15, 0.2) is 0 Å². The van der Waals surface area contributed by atoms with Crippen LogP contribution in [0, 0.1) is 11.8 Å². The van der Waals surface area contributed by atoms with Gasteiger partial charge in [-0.25, -0.2) is 0 Å². The topological polar surface area (TPSA) is 64.1 Å². The Kier molecular flexibility index (Phi) is 4.16. The Hall–Kier alpha value is -1.14. The van der Waals surface area contributed by atoms with Gasteiger partial charge in [-0.05, 0) is 33.4 Å². The molecule has 0 aromatic heterocycles. The lowest BCUT2D eigenvalue weighted by atomic mass is 9.77. The second-order valence-corrected chi connectivity index (χ2v) is 7.51. The molecule has 2 saturated heterocycles. The predicted octanol–water partition coefficient (Wildman–Crippen LogP) is -0.230. The van der Waals surface area contributed by atoms with Gasteiger partial charge in [-0.3, -0.25) is 9.59 Å². The summed E-state index contributed by atoms with van der Waals surface area (Å²) in [4.78, 5) is 30.6. The lowest BCUT2D eigenvalue weighted by Crippen LogP contribution is -2.44. The molecule has 124 valence electrons. The van der Waals surface area contributed by atoms with Gasteiger partial charge >= 0.3 is 0 Å². The molecule has 0 aromatic rings. The highest BCUT2D eigenvalue weighted by atomic mass is 16.3. The zero-order valence-corrected chi connectivity index (χ0v) is 13.6. The third-order valence-corrected chi connectivity index (χ3v) is 5.46. The van der Waals surface area contributed by atoms with Crippen molar-refractivity contribution < 1.29 is 14.7 Å². The SMILES string of the molecule is CN(C)CCN1CC2CN(C(=O)CC3(O)CCC3)CC2C1=O. The van der Waals surface area contributed by atoms with E-state index in [2.05, 4.69) is 4.90 Å². The van der Waals surface area contributed by atoms with Crippen LogP contribution in [-0.2, 0) is 9.59 Å². The van der Waals surface area contributed by atoms with Crippen molar-refractivity contribution in [1.29, 1.82) is 0 Å². The molecule has 2 unspecified atom stereocenters. The molecular weight excluding hydrogens is 282 g/mol. The summed E-state index contributed by atoms with van der Waals surface area (Å²) in [7, 11) is 4.01. The minimum absolute atomic E-state index is 0.0178. The highest BCUT2D eigenvalue weighted by Crippen LogP contribution is 2.37. The summed E-state index contributed by atoms with van der Waals surface area (Å²) < 4.78 is 0. The highest BCUT2D eigenvalue weighted by Gasteiger charge is 2.48. The zero-order valence-electron chi connectivity index (χ0n) is 13.6. The summed E-state index contributed by atoms with van der Waals surface area (Å²) in [6, 6.07) is 0. The van der Waals surface area contributed by atoms with E-state index in [0.717, 1.165) is 38.9 Å². The first-order valence-corrected chi connectivity index (χ1v) is 8.32. The van der Waals surface area contributed by atoms with Crippen LogP contribution >= 0.6 is 0 Å². The molecular formula is C16H27N3O3. The average molecular weight is 309 g/mol. The normalized spacial score (nSPS) is 29.9. The molecule has 2 amide bonds. The molecule has 0 radical (unpaired) electrons. The van der Waals surface area contributed by atoms with Gasteiger partial charge in [0.1, 0.15) is 0 Å². The summed E-state index contributed by atoms with van der Waals surface area (Å²) in [5, 5.41) is 10.1. The molecule has 1 N–H and O–H groups in total. The van der Waals surface area contributed by atoms with E-state index in [1.165, 1.54) is 0 Å². The number of hydrogen-bond acceptors (Lipinski definition) is 4. The Bertz CT molecular complexity index is 462. The lowest BCUT2D eigenvalue weighted by Gasteiger charge is -2.37. The second kappa shape index (κ2) is 5.81. The molecule has 3 rings (SSSR count). The molecule has 2 heterocycles. The van der Waals surface area contributed by atoms with Gasteiger partial charge in [-0.15, -0.1) is 0 Å². The highest BCUT2D eigenvalue weighted by molar-refractivity contribution is 5.84. The van der Waals surface area contributed by atoms with Gasteiger partial charge in [-0.1, -0.05) is 0 Å². The summed E-state index contributed by atoms with van der Waals surface area (Å²) in [5.74, 6) is 0.463. The lowest BCUT2D eigenvalue weighted by molar-refractivity contribution is -0.140. The maximum Gasteiger partial charge on any atom is 0.227 e. The molecule has 6 nitrogen and oxygen atoms in total. The van der Waals surface area contributed by atoms with Crippen molar-refractivity contribution in [2.75, 3.05) is 46.8 Å². The van der Waals surface area contributed by atoms with Gasteiger partial charge in [0, 0.05) is 38.6 Å². The van der Waals surface area contributed by atoms with Crippen LogP contribution in [0.4, 0.5) is 0 Å². The van der Waals surface area contributed by atoms with E-state index >= 15 is 0 Å². The van der Waals surface area contributed by atoms with Crippen molar-refractivity contribution in [3.05, 3.63) is 0 Å². The van der Waals surface area contributed by atoms with Gasteiger partial charge in [0.2, 0.25) is 11.8 Å². The quantitative estimate of drug-likeness (QED) is 0.762. The molecule has 0 bridgehead atoms. The summed E-state index contributed by atoms with van der Waals surface area (Å²) in [5.41, 5.74) is -0.767. The van der Waals surface area contributed by atoms with E-state index in [1.807, 2.05) is 19.0 Å². The molecule has 22 heavy (non-hydrogen) atoms. The molecule has 2 atom stereocenters. The van der Waals surface area contributed by atoms with Gasteiger partial charge in [0.05, 0.1) is 17.9 Å². The van der Waals surface area contributed by atoms with Crippen LogP contribution in [-0.4, -0.2) is 84.0 Å². The van der Waals surface area contributed by atoms with Crippen LogP contribution in [0.3, 0.4) is 0 Å². The van der Waals surface area contributed by atoms with Gasteiger partial charge in [0.15, 0.2) is 0 Å². The van der Waals surface area contributed by atoms with Gasteiger partial charge < -0.3 is 19.8 Å². The molecule has 2 aliphatic heterocycles. The smallest absolute Gasteiger partial charge is 0.227 e. The second-order valence-electron chi connectivity index (χ2n) is 7.51. The molecule has 3 fully saturated rings. The Balaban J connectivity index is 1.52. The van der Waals surface area contributed by atoms with Crippen molar-refractivity contribution >= 4 is 11.8 Å². The summed E-state index contributed by atoms with van der Waals surface area (Å²) in [6.07, 6.45) is 2.70. The van der Waals surface area contributed by atoms with Crippen LogP contribution < -0.4 is 0 Å². The van der Waals surface area contributed by atoms with Gasteiger partial charge in [0.25, 0.3) is 0 Å². The van der Waals surface area contributed by atoms with E-state index in [0.29, 0.717) is 13.1 Å². The maximum absolute atomic E-state index is 12.4. The van der Waals surface area contributed by atoms with Crippen molar-refractivity contribution in [1.82, 2.24) is 14.7 Å². The Morgan fingerprint density at radius 3 is 2.59 bits per heavy atom. The predicted molar refractivity (Wildman–Crippen MR) is 82.1 cm³/mol. The standard InChI is InChI=1S/C16H27N3O3/c1-17(2)6-7-18-9-12-10-19(11-13(12)15(18)21)14(20)8-16(22)4-3-5-16/h12-13,22H,3-11H2,1-2H3. The van der Waals surface area contributed by atoms with Crippen LogP contribution in [0.2, 0.25) is 0 Å². The Morgan fingerprint density at radius 1 is 1.32 bits per heavy atom. The Labute approximate surface area is 132 Å². The number of carbonyl (C=O) groups is 2. The number of rotatable bonds is 5. The molecule has 0 aromatic carbocycles. The van der Waals surface area contributed by atoms with Crippen molar-refractivity contribution in [3.8, 4) is 0 Å². The largest absolute Gasteiger partial charge is 0.389 e. The number of likely N-dealkylation sites (N-methyl/N-ethyl adjacent to an activating group) is 1.